The number of carbonyl (C=O) groups is 2. The highest BCUT2D eigenvalue weighted by Gasteiger charge is 2.68. The van der Waals surface area contributed by atoms with E-state index in [4.69, 9.17) is 4.74 Å². The number of allylic oxidation sites excluding steroid dienone is 2. The van der Waals surface area contributed by atoms with Crippen molar-refractivity contribution in [1.82, 2.24) is 0 Å². The zero-order valence-corrected chi connectivity index (χ0v) is 18.0. The molecule has 0 bridgehead atoms. The number of ether oxygens (including phenoxy) is 1. The van der Waals surface area contributed by atoms with Crippen LogP contribution in [-0.4, -0.2) is 28.3 Å². The van der Waals surface area contributed by atoms with Gasteiger partial charge in [-0.1, -0.05) is 24.6 Å². The van der Waals surface area contributed by atoms with Crippen LogP contribution < -0.4 is 0 Å². The van der Waals surface area contributed by atoms with E-state index in [-0.39, 0.29) is 17.2 Å². The lowest BCUT2D eigenvalue weighted by Gasteiger charge is -2.57. The molecule has 4 saturated carbocycles. The summed E-state index contributed by atoms with van der Waals surface area (Å²) in [5.41, 5.74) is 1.18. The summed E-state index contributed by atoms with van der Waals surface area (Å²) in [5.74, 6) is 3.48. The number of nitrogens with zero attached hydrogens (tertiary/aromatic N) is 1. The average molecular weight is 400 g/mol. The van der Waals surface area contributed by atoms with E-state index in [1.165, 1.54) is 12.5 Å². The van der Waals surface area contributed by atoms with Crippen molar-refractivity contribution in [2.24, 2.45) is 52.0 Å². The summed E-state index contributed by atoms with van der Waals surface area (Å²) in [6.07, 6.45) is 8.15. The van der Waals surface area contributed by atoms with E-state index < -0.39 is 5.60 Å². The van der Waals surface area contributed by atoms with Gasteiger partial charge in [-0.05, 0) is 87.0 Å². The molecule has 1 N–H and O–H groups in total. The molecule has 0 aromatic carbocycles. The van der Waals surface area contributed by atoms with E-state index in [1.807, 2.05) is 0 Å². The zero-order valence-electron chi connectivity index (χ0n) is 18.0. The Balaban J connectivity index is 1.51. The van der Waals surface area contributed by atoms with Gasteiger partial charge in [0.15, 0.2) is 11.4 Å². The molecule has 0 aromatic heterocycles. The second-order valence-corrected chi connectivity index (χ2v) is 10.7. The lowest BCUT2D eigenvalue weighted by molar-refractivity contribution is -0.186. The number of hydrogen-bond donors (Lipinski definition) is 1. The van der Waals surface area contributed by atoms with E-state index in [0.717, 1.165) is 37.8 Å². The van der Waals surface area contributed by atoms with Crippen LogP contribution in [0.2, 0.25) is 0 Å². The van der Waals surface area contributed by atoms with Gasteiger partial charge in [-0.2, -0.15) is 0 Å². The Hall–Kier alpha value is -1.65. The Kier molecular flexibility index (Phi) is 4.12. The van der Waals surface area contributed by atoms with E-state index in [1.54, 1.807) is 6.92 Å². The molecule has 0 heterocycles. The monoisotopic (exact) mass is 399 g/mol. The van der Waals surface area contributed by atoms with Gasteiger partial charge in [0.2, 0.25) is 0 Å². The number of Topliss-reactive ketones (excluding diaryl/α,β-unsaturated/α-hetero) is 1. The van der Waals surface area contributed by atoms with Crippen LogP contribution in [0.3, 0.4) is 0 Å². The maximum Gasteiger partial charge on any atom is 0.303 e. The molecule has 0 amide bonds. The molecule has 5 nitrogen and oxygen atoms in total. The van der Waals surface area contributed by atoms with Crippen molar-refractivity contribution in [3.8, 4) is 0 Å². The van der Waals surface area contributed by atoms with Gasteiger partial charge in [-0.25, -0.2) is 0 Å². The molecule has 0 spiro atoms. The van der Waals surface area contributed by atoms with Gasteiger partial charge in [-0.15, -0.1) is 0 Å². The van der Waals surface area contributed by atoms with Gasteiger partial charge in [0.25, 0.3) is 0 Å². The van der Waals surface area contributed by atoms with E-state index >= 15 is 0 Å². The topological polar surface area (TPSA) is 76.0 Å². The highest BCUT2D eigenvalue weighted by molar-refractivity contribution is 6.00. The minimum absolute atomic E-state index is 0.0179. The fourth-order valence-electron chi connectivity index (χ4n) is 8.42. The predicted molar refractivity (Wildman–Crippen MR) is 108 cm³/mol. The summed E-state index contributed by atoms with van der Waals surface area (Å²) in [6, 6.07) is 0. The molecule has 5 heteroatoms. The summed E-state index contributed by atoms with van der Waals surface area (Å²) < 4.78 is 5.86. The molecule has 0 saturated heterocycles. The summed E-state index contributed by atoms with van der Waals surface area (Å²) >= 11 is 0. The van der Waals surface area contributed by atoms with Gasteiger partial charge >= 0.3 is 5.97 Å². The molecule has 9 atom stereocenters. The maximum absolute atomic E-state index is 12.8. The molecule has 0 unspecified atom stereocenters. The molecule has 0 radical (unpaired) electrons. The quantitative estimate of drug-likeness (QED) is 0.425. The minimum atomic E-state index is -0.945. The van der Waals surface area contributed by atoms with E-state index in [0.29, 0.717) is 47.8 Å². The van der Waals surface area contributed by atoms with Gasteiger partial charge in [0.05, 0.1) is 5.71 Å². The molecule has 5 rings (SSSR count). The summed E-state index contributed by atoms with van der Waals surface area (Å²) in [6.45, 7) is 7.58. The second kappa shape index (κ2) is 6.18. The molecular weight excluding hydrogens is 366 g/mol. The third kappa shape index (κ3) is 2.42. The number of rotatable bonds is 2. The molecule has 0 aliphatic heterocycles. The Labute approximate surface area is 172 Å². The highest BCUT2D eigenvalue weighted by atomic mass is 16.6. The number of oxime groups is 1. The highest BCUT2D eigenvalue weighted by Crippen LogP contribution is 2.69. The Morgan fingerprint density at radius 1 is 1.14 bits per heavy atom. The summed E-state index contributed by atoms with van der Waals surface area (Å²) in [7, 11) is 0. The average Bonchev–Trinajstić information content (AvgIpc) is 3.40. The van der Waals surface area contributed by atoms with Crippen molar-refractivity contribution in [3.05, 3.63) is 11.6 Å². The first-order valence-corrected chi connectivity index (χ1v) is 11.4. The number of carbonyl (C=O) groups excluding carboxylic acids is 2. The molecule has 4 fully saturated rings. The van der Waals surface area contributed by atoms with Crippen molar-refractivity contribution < 1.29 is 19.5 Å². The Morgan fingerprint density at radius 3 is 2.55 bits per heavy atom. The number of fused-ring (bicyclic) bond motifs is 7. The Morgan fingerprint density at radius 2 is 1.90 bits per heavy atom. The van der Waals surface area contributed by atoms with Gasteiger partial charge < -0.3 is 9.94 Å². The molecule has 5 aliphatic carbocycles. The van der Waals surface area contributed by atoms with Gasteiger partial charge in [0.1, 0.15) is 0 Å². The lowest BCUT2D eigenvalue weighted by Crippen LogP contribution is -2.58. The van der Waals surface area contributed by atoms with Crippen molar-refractivity contribution in [3.63, 3.8) is 0 Å². The normalized spacial score (nSPS) is 51.2. The first-order valence-electron chi connectivity index (χ1n) is 11.4. The van der Waals surface area contributed by atoms with Crippen LogP contribution in [0.15, 0.2) is 16.8 Å². The number of ketones is 1. The SMILES string of the molecule is CC(=O)O[C@]1(C(C)=O)CC[C@H]2[C@@H]3C[C@H](C)C4=C/C(=N\O)[C@H]5C[C@H]5[C@@H]4[C@H]3CC[C@@]21C. The molecular formula is C24H33NO4. The van der Waals surface area contributed by atoms with Gasteiger partial charge in [-0.3, -0.25) is 9.59 Å². The smallest absolute Gasteiger partial charge is 0.303 e. The predicted octanol–water partition coefficient (Wildman–Crippen LogP) is 4.38. The van der Waals surface area contributed by atoms with E-state index in [2.05, 4.69) is 25.1 Å². The molecule has 0 aromatic rings. The Bertz CT molecular complexity index is 831. The zero-order chi connectivity index (χ0) is 20.7. The summed E-state index contributed by atoms with van der Waals surface area (Å²) in [4.78, 5) is 24.8. The van der Waals surface area contributed by atoms with Crippen LogP contribution in [0, 0.1) is 46.8 Å². The van der Waals surface area contributed by atoms with Gasteiger partial charge in [0, 0.05) is 18.3 Å². The standard InChI is InChI=1S/C24H33NO4/c1-12-9-17-15(22-16(12)11-21(25-28)18-10-19(18)22)5-7-23(4)20(17)6-8-24(23,13(2)26)29-14(3)27/h11-12,15,17-20,22,28H,5-10H2,1-4H3/b25-21+/t12-,15-,17+,18-,19+,20-,22+,23-,24-/m0/s1. The first-order chi connectivity index (χ1) is 13.7. The number of esters is 1. The molecule has 5 aliphatic rings. The lowest BCUT2D eigenvalue weighted by atomic mass is 9.48. The largest absolute Gasteiger partial charge is 0.451 e. The number of hydrogen-bond acceptors (Lipinski definition) is 5. The second-order valence-electron chi connectivity index (χ2n) is 10.7. The van der Waals surface area contributed by atoms with Crippen LogP contribution >= 0.6 is 0 Å². The third-order valence-electron chi connectivity index (χ3n) is 9.65. The van der Waals surface area contributed by atoms with Crippen LogP contribution in [0.1, 0.15) is 66.2 Å². The fourth-order valence-corrected chi connectivity index (χ4v) is 8.42. The van der Waals surface area contributed by atoms with Crippen molar-refractivity contribution in [2.45, 2.75) is 71.8 Å². The van der Waals surface area contributed by atoms with E-state index in [9.17, 15) is 14.8 Å². The van der Waals surface area contributed by atoms with Crippen molar-refractivity contribution in [1.29, 1.82) is 0 Å². The van der Waals surface area contributed by atoms with Crippen molar-refractivity contribution in [2.75, 3.05) is 0 Å². The van der Waals surface area contributed by atoms with Crippen LogP contribution in [-0.2, 0) is 14.3 Å². The van der Waals surface area contributed by atoms with Crippen LogP contribution in [0.5, 0.6) is 0 Å². The first kappa shape index (κ1) is 19.3. The van der Waals surface area contributed by atoms with Crippen molar-refractivity contribution >= 4 is 17.5 Å². The fraction of sp³-hybridized carbons (Fsp3) is 0.792. The third-order valence-corrected chi connectivity index (χ3v) is 9.65. The molecule has 158 valence electrons. The van der Waals surface area contributed by atoms with Crippen LogP contribution in [0.25, 0.3) is 0 Å². The maximum atomic E-state index is 12.8. The molecule has 29 heavy (non-hydrogen) atoms. The summed E-state index contributed by atoms with van der Waals surface area (Å²) in [5, 5.41) is 13.0. The van der Waals surface area contributed by atoms with Crippen LogP contribution in [0.4, 0.5) is 0 Å². The minimum Gasteiger partial charge on any atom is -0.451 e.